The van der Waals surface area contributed by atoms with Gasteiger partial charge >= 0.3 is 5.97 Å². The Labute approximate surface area is 94.4 Å². The topological polar surface area (TPSA) is 66.4 Å². The largest absolute Gasteiger partial charge is 0.481 e. The van der Waals surface area contributed by atoms with Crippen molar-refractivity contribution in [3.63, 3.8) is 0 Å². The average molecular weight is 223 g/mol. The number of carboxylic acid groups (broad SMARTS) is 1. The van der Waals surface area contributed by atoms with Gasteiger partial charge < -0.3 is 10.4 Å². The summed E-state index contributed by atoms with van der Waals surface area (Å²) in [7, 11) is 0. The lowest BCUT2D eigenvalue weighted by atomic mass is 9.48. The fourth-order valence-corrected chi connectivity index (χ4v) is 4.64. The van der Waals surface area contributed by atoms with Crippen LogP contribution in [0.15, 0.2) is 0 Å². The van der Waals surface area contributed by atoms with Gasteiger partial charge in [-0.15, -0.1) is 0 Å². The summed E-state index contributed by atoms with van der Waals surface area (Å²) in [6.45, 7) is 0. The molecule has 0 radical (unpaired) electrons. The predicted molar refractivity (Wildman–Crippen MR) is 56.6 cm³/mol. The number of aliphatic carboxylic acids is 1. The quantitative estimate of drug-likeness (QED) is 0.702. The van der Waals surface area contributed by atoms with E-state index in [1.54, 1.807) is 0 Å². The Morgan fingerprint density at radius 1 is 1.25 bits per heavy atom. The third kappa shape index (κ3) is 1.22. The maximum atomic E-state index is 11.4. The molecule has 0 aromatic rings. The van der Waals surface area contributed by atoms with E-state index >= 15 is 0 Å². The standard InChI is InChI=1S/C12H17NO3/c14-6-13-10-8-1-7-2-9(10)5-12(3-7,4-8)11(15)16/h6-10H,1-5H2,(H,13,14)(H,15,16). The molecule has 4 rings (SSSR count). The minimum absolute atomic E-state index is 0.238. The van der Waals surface area contributed by atoms with Gasteiger partial charge in [-0.3, -0.25) is 9.59 Å². The maximum Gasteiger partial charge on any atom is 0.309 e. The van der Waals surface area contributed by atoms with Crippen molar-refractivity contribution in [1.82, 2.24) is 5.32 Å². The van der Waals surface area contributed by atoms with Crippen LogP contribution in [-0.4, -0.2) is 23.5 Å². The molecule has 4 fully saturated rings. The molecule has 88 valence electrons. The van der Waals surface area contributed by atoms with Crippen molar-refractivity contribution in [3.05, 3.63) is 0 Å². The first kappa shape index (κ1) is 10.1. The van der Waals surface area contributed by atoms with Gasteiger partial charge in [-0.1, -0.05) is 0 Å². The lowest BCUT2D eigenvalue weighted by Gasteiger charge is -2.58. The van der Waals surface area contributed by atoms with Gasteiger partial charge in [0.2, 0.25) is 6.41 Å². The van der Waals surface area contributed by atoms with Crippen LogP contribution in [0.4, 0.5) is 0 Å². The molecule has 2 unspecified atom stereocenters. The van der Waals surface area contributed by atoms with E-state index in [9.17, 15) is 14.7 Å². The molecule has 4 aliphatic rings. The van der Waals surface area contributed by atoms with Crippen LogP contribution in [0.25, 0.3) is 0 Å². The van der Waals surface area contributed by atoms with Gasteiger partial charge in [-0.2, -0.15) is 0 Å². The van der Waals surface area contributed by atoms with Crippen molar-refractivity contribution in [2.24, 2.45) is 23.2 Å². The van der Waals surface area contributed by atoms with Crippen LogP contribution < -0.4 is 5.32 Å². The van der Waals surface area contributed by atoms with E-state index in [0.717, 1.165) is 38.5 Å². The molecule has 0 saturated heterocycles. The Kier molecular flexibility index (Phi) is 2.03. The van der Waals surface area contributed by atoms with Crippen molar-refractivity contribution in [1.29, 1.82) is 0 Å². The van der Waals surface area contributed by atoms with Crippen LogP contribution in [0.2, 0.25) is 0 Å². The minimum Gasteiger partial charge on any atom is -0.481 e. The zero-order valence-electron chi connectivity index (χ0n) is 9.19. The molecule has 16 heavy (non-hydrogen) atoms. The molecule has 0 aromatic carbocycles. The molecule has 4 bridgehead atoms. The van der Waals surface area contributed by atoms with E-state index in [0.29, 0.717) is 17.8 Å². The highest BCUT2D eigenvalue weighted by molar-refractivity contribution is 5.75. The summed E-state index contributed by atoms with van der Waals surface area (Å²) in [5.74, 6) is 0.759. The molecular weight excluding hydrogens is 206 g/mol. The van der Waals surface area contributed by atoms with Gasteiger partial charge in [0, 0.05) is 6.04 Å². The molecule has 2 N–H and O–H groups in total. The summed E-state index contributed by atoms with van der Waals surface area (Å²) in [4.78, 5) is 22.0. The third-order valence-corrected chi connectivity index (χ3v) is 4.99. The fourth-order valence-electron chi connectivity index (χ4n) is 4.64. The first-order valence-corrected chi connectivity index (χ1v) is 6.08. The number of hydrogen-bond acceptors (Lipinski definition) is 2. The monoisotopic (exact) mass is 223 g/mol. The van der Waals surface area contributed by atoms with E-state index in [1.807, 2.05) is 0 Å². The van der Waals surface area contributed by atoms with Crippen LogP contribution in [-0.2, 0) is 9.59 Å². The van der Waals surface area contributed by atoms with E-state index in [2.05, 4.69) is 5.32 Å². The second-order valence-corrected chi connectivity index (χ2v) is 5.87. The van der Waals surface area contributed by atoms with E-state index in [4.69, 9.17) is 0 Å². The second kappa shape index (κ2) is 3.22. The summed E-state index contributed by atoms with van der Waals surface area (Å²) >= 11 is 0. The third-order valence-electron chi connectivity index (χ3n) is 4.99. The molecule has 0 aliphatic heterocycles. The highest BCUT2D eigenvalue weighted by Gasteiger charge is 2.58. The highest BCUT2D eigenvalue weighted by Crippen LogP contribution is 2.60. The van der Waals surface area contributed by atoms with E-state index in [-0.39, 0.29) is 6.04 Å². The molecule has 1 amide bonds. The van der Waals surface area contributed by atoms with Crippen molar-refractivity contribution >= 4 is 12.4 Å². The Bertz CT molecular complexity index is 325. The lowest BCUT2D eigenvalue weighted by Crippen LogP contribution is -2.60. The van der Waals surface area contributed by atoms with Crippen LogP contribution in [0.3, 0.4) is 0 Å². The number of carbonyl (C=O) groups is 2. The number of carbonyl (C=O) groups excluding carboxylic acids is 1. The Morgan fingerprint density at radius 3 is 2.38 bits per heavy atom. The second-order valence-electron chi connectivity index (χ2n) is 5.87. The number of hydrogen-bond donors (Lipinski definition) is 2. The summed E-state index contributed by atoms with van der Waals surface area (Å²) in [5, 5.41) is 12.3. The number of amides is 1. The molecule has 2 atom stereocenters. The summed E-state index contributed by atoms with van der Waals surface area (Å²) in [6, 6.07) is 0.238. The molecule has 4 saturated carbocycles. The fraction of sp³-hybridized carbons (Fsp3) is 0.833. The molecule has 4 aliphatic carbocycles. The van der Waals surface area contributed by atoms with Crippen molar-refractivity contribution in [3.8, 4) is 0 Å². The predicted octanol–water partition coefficient (Wildman–Crippen LogP) is 1.01. The van der Waals surface area contributed by atoms with Gasteiger partial charge in [0.25, 0.3) is 0 Å². The van der Waals surface area contributed by atoms with Gasteiger partial charge in [0.15, 0.2) is 0 Å². The van der Waals surface area contributed by atoms with Crippen LogP contribution in [0.1, 0.15) is 32.1 Å². The number of nitrogens with one attached hydrogen (secondary N) is 1. The zero-order chi connectivity index (χ0) is 11.3. The summed E-state index contributed by atoms with van der Waals surface area (Å²) < 4.78 is 0. The van der Waals surface area contributed by atoms with Gasteiger partial charge in [-0.25, -0.2) is 0 Å². The molecule has 0 heterocycles. The van der Waals surface area contributed by atoms with Crippen molar-refractivity contribution in [2.45, 2.75) is 38.1 Å². The highest BCUT2D eigenvalue weighted by atomic mass is 16.4. The SMILES string of the molecule is O=CNC1C2CC3CC1CC(C(=O)O)(C3)C2. The molecule has 0 spiro atoms. The maximum absolute atomic E-state index is 11.4. The normalized spacial score (nSPS) is 49.0. The number of rotatable bonds is 3. The smallest absolute Gasteiger partial charge is 0.309 e. The first-order valence-electron chi connectivity index (χ1n) is 6.08. The van der Waals surface area contributed by atoms with Crippen LogP contribution >= 0.6 is 0 Å². The van der Waals surface area contributed by atoms with Gasteiger partial charge in [0.1, 0.15) is 0 Å². The minimum atomic E-state index is -0.614. The zero-order valence-corrected chi connectivity index (χ0v) is 9.19. The molecule has 4 heteroatoms. The Hall–Kier alpha value is -1.06. The molecular formula is C12H17NO3. The molecule has 4 nitrogen and oxygen atoms in total. The lowest BCUT2D eigenvalue weighted by molar-refractivity contribution is -0.167. The van der Waals surface area contributed by atoms with Crippen molar-refractivity contribution in [2.75, 3.05) is 0 Å². The van der Waals surface area contributed by atoms with Gasteiger partial charge in [-0.05, 0) is 49.9 Å². The Morgan fingerprint density at radius 2 is 1.88 bits per heavy atom. The van der Waals surface area contributed by atoms with E-state index < -0.39 is 11.4 Å². The summed E-state index contributed by atoms with van der Waals surface area (Å²) in [5.41, 5.74) is -0.461. The van der Waals surface area contributed by atoms with Crippen molar-refractivity contribution < 1.29 is 14.7 Å². The number of carboxylic acids is 1. The van der Waals surface area contributed by atoms with Gasteiger partial charge in [0.05, 0.1) is 5.41 Å². The van der Waals surface area contributed by atoms with Crippen LogP contribution in [0.5, 0.6) is 0 Å². The molecule has 0 aromatic heterocycles. The van der Waals surface area contributed by atoms with Crippen LogP contribution in [0, 0.1) is 23.2 Å². The van der Waals surface area contributed by atoms with E-state index in [1.165, 1.54) is 0 Å². The average Bonchev–Trinajstić information content (AvgIpc) is 2.22. The first-order chi connectivity index (χ1) is 7.64. The Balaban J connectivity index is 1.88. The summed E-state index contributed by atoms with van der Waals surface area (Å²) in [6.07, 6.45) is 5.39.